The van der Waals surface area contributed by atoms with E-state index in [9.17, 15) is 0 Å². The van der Waals surface area contributed by atoms with Gasteiger partial charge in [0.2, 0.25) is 0 Å². The standard InChI is InChI=1S/C10H16NO2.H2O/c1-11(12,13)9-5-8-10-6-3-2-4-7-10;/h2-4,6-7,12-13H,5,8-9H2,1H3;1H2/q+1;/p-1. The number of hydrogen-bond donors (Lipinski definition) is 2. The molecule has 0 unspecified atom stereocenters. The highest BCUT2D eigenvalue weighted by Gasteiger charge is 2.12. The first-order valence-electron chi connectivity index (χ1n) is 4.43. The van der Waals surface area contributed by atoms with Gasteiger partial charge in [-0.2, -0.15) is 10.4 Å². The van der Waals surface area contributed by atoms with Gasteiger partial charge < -0.3 is 5.48 Å². The molecule has 4 heteroatoms. The van der Waals surface area contributed by atoms with Gasteiger partial charge >= 0.3 is 0 Å². The number of hydroxylamine groups is 4. The summed E-state index contributed by atoms with van der Waals surface area (Å²) >= 11 is 0. The van der Waals surface area contributed by atoms with Gasteiger partial charge in [0, 0.05) is 6.42 Å². The van der Waals surface area contributed by atoms with Crippen LogP contribution in [0.1, 0.15) is 12.0 Å². The van der Waals surface area contributed by atoms with Crippen LogP contribution in [0.15, 0.2) is 30.3 Å². The van der Waals surface area contributed by atoms with Crippen LogP contribution in [-0.4, -0.2) is 34.3 Å². The Balaban J connectivity index is 0.00000169. The van der Waals surface area contributed by atoms with E-state index >= 15 is 0 Å². The Morgan fingerprint density at radius 1 is 1.14 bits per heavy atom. The maximum absolute atomic E-state index is 8.99. The van der Waals surface area contributed by atoms with Crippen molar-refractivity contribution in [2.24, 2.45) is 0 Å². The molecule has 0 radical (unpaired) electrons. The van der Waals surface area contributed by atoms with Gasteiger partial charge in [0.15, 0.2) is 0 Å². The molecule has 14 heavy (non-hydrogen) atoms. The first kappa shape index (κ1) is 13.1. The molecular formula is C10H17NO3. The fraction of sp³-hybridized carbons (Fsp3) is 0.400. The third-order valence-electron chi connectivity index (χ3n) is 1.89. The highest BCUT2D eigenvalue weighted by atomic mass is 16.8. The van der Waals surface area contributed by atoms with Crippen LogP contribution in [0.4, 0.5) is 0 Å². The maximum Gasteiger partial charge on any atom is 0.142 e. The normalized spacial score (nSPS) is 10.8. The quantitative estimate of drug-likeness (QED) is 0.572. The molecule has 1 rings (SSSR count). The highest BCUT2D eigenvalue weighted by molar-refractivity contribution is 5.14. The molecule has 0 aliphatic rings. The van der Waals surface area contributed by atoms with Crippen molar-refractivity contribution in [1.82, 2.24) is 0 Å². The number of rotatable bonds is 4. The summed E-state index contributed by atoms with van der Waals surface area (Å²) in [5.41, 5.74) is 1.23. The monoisotopic (exact) mass is 199 g/mol. The topological polar surface area (TPSA) is 70.5 Å². The Morgan fingerprint density at radius 3 is 2.21 bits per heavy atom. The molecule has 0 saturated carbocycles. The summed E-state index contributed by atoms with van der Waals surface area (Å²) in [5.74, 6) is 0. The van der Waals surface area contributed by atoms with Crippen LogP contribution in [0.2, 0.25) is 0 Å². The largest absolute Gasteiger partial charge is 0.870 e. The molecule has 0 aromatic heterocycles. The lowest BCUT2D eigenvalue weighted by Crippen LogP contribution is -2.37. The zero-order valence-corrected chi connectivity index (χ0v) is 8.30. The lowest BCUT2D eigenvalue weighted by Gasteiger charge is -2.14. The van der Waals surface area contributed by atoms with Crippen molar-refractivity contribution in [2.75, 3.05) is 13.6 Å². The fourth-order valence-corrected chi connectivity index (χ4v) is 1.23. The van der Waals surface area contributed by atoms with Gasteiger partial charge in [-0.05, 0) is 12.0 Å². The molecule has 4 nitrogen and oxygen atoms in total. The predicted octanol–water partition coefficient (Wildman–Crippen LogP) is 1.67. The first-order valence-corrected chi connectivity index (χ1v) is 4.43. The molecule has 80 valence electrons. The van der Waals surface area contributed by atoms with Gasteiger partial charge in [0.1, 0.15) is 13.6 Å². The van der Waals surface area contributed by atoms with Crippen molar-refractivity contribution in [3.05, 3.63) is 35.9 Å². The minimum Gasteiger partial charge on any atom is -0.870 e. The molecule has 0 fully saturated rings. The summed E-state index contributed by atoms with van der Waals surface area (Å²) in [4.78, 5) is -0.938. The van der Waals surface area contributed by atoms with Gasteiger partial charge in [0.05, 0.1) is 0 Å². The molecule has 1 aromatic rings. The number of nitrogens with zero attached hydrogens (tertiary/aromatic N) is 1. The number of hydrogen-bond acceptors (Lipinski definition) is 3. The second kappa shape index (κ2) is 5.72. The molecule has 0 aliphatic carbocycles. The van der Waals surface area contributed by atoms with E-state index < -0.39 is 4.81 Å². The van der Waals surface area contributed by atoms with Crippen molar-refractivity contribution in [2.45, 2.75) is 12.8 Å². The maximum atomic E-state index is 8.99. The molecule has 0 heterocycles. The van der Waals surface area contributed by atoms with Crippen LogP contribution >= 0.6 is 0 Å². The minimum absolute atomic E-state index is 0. The van der Waals surface area contributed by atoms with Crippen molar-refractivity contribution in [3.63, 3.8) is 0 Å². The number of aryl methyl sites for hydroxylation is 1. The first-order chi connectivity index (χ1) is 6.08. The van der Waals surface area contributed by atoms with Crippen molar-refractivity contribution >= 4 is 0 Å². The highest BCUT2D eigenvalue weighted by Crippen LogP contribution is 2.03. The molecule has 0 amide bonds. The number of benzene rings is 1. The zero-order valence-electron chi connectivity index (χ0n) is 8.30. The Morgan fingerprint density at radius 2 is 1.71 bits per heavy atom. The molecule has 1 aromatic carbocycles. The van der Waals surface area contributed by atoms with Gasteiger partial charge in [-0.15, -0.1) is 0 Å². The van der Waals surface area contributed by atoms with Crippen molar-refractivity contribution in [1.29, 1.82) is 0 Å². The lowest BCUT2D eigenvalue weighted by atomic mass is 10.1. The van der Waals surface area contributed by atoms with E-state index in [-0.39, 0.29) is 5.48 Å². The van der Waals surface area contributed by atoms with Gasteiger partial charge in [-0.1, -0.05) is 35.1 Å². The Labute approximate surface area is 83.8 Å². The molecule has 0 atom stereocenters. The third kappa shape index (κ3) is 5.66. The summed E-state index contributed by atoms with van der Waals surface area (Å²) in [6.07, 6.45) is 1.66. The average molecular weight is 199 g/mol. The molecular weight excluding hydrogens is 182 g/mol. The van der Waals surface area contributed by atoms with Crippen molar-refractivity contribution < 1.29 is 20.7 Å². The predicted molar refractivity (Wildman–Crippen MR) is 51.3 cm³/mol. The summed E-state index contributed by atoms with van der Waals surface area (Å²) in [6, 6.07) is 10.0. The summed E-state index contributed by atoms with van der Waals surface area (Å²) < 4.78 is 0. The molecule has 0 bridgehead atoms. The summed E-state index contributed by atoms with van der Waals surface area (Å²) in [7, 11) is 1.35. The second-order valence-corrected chi connectivity index (χ2v) is 3.40. The fourth-order valence-electron chi connectivity index (χ4n) is 1.23. The van der Waals surface area contributed by atoms with E-state index in [0.29, 0.717) is 6.54 Å². The van der Waals surface area contributed by atoms with Gasteiger partial charge in [0.25, 0.3) is 0 Å². The van der Waals surface area contributed by atoms with E-state index in [1.807, 2.05) is 30.3 Å². The van der Waals surface area contributed by atoms with Gasteiger partial charge in [-0.3, -0.25) is 0 Å². The zero-order chi connectivity index (χ0) is 9.73. The van der Waals surface area contributed by atoms with Crippen LogP contribution < -0.4 is 0 Å². The second-order valence-electron chi connectivity index (χ2n) is 3.40. The summed E-state index contributed by atoms with van der Waals surface area (Å²) in [5, 5.41) is 18.0. The van der Waals surface area contributed by atoms with Crippen LogP contribution in [0, 0.1) is 0 Å². The third-order valence-corrected chi connectivity index (χ3v) is 1.89. The minimum atomic E-state index is -0.938. The smallest absolute Gasteiger partial charge is 0.142 e. The molecule has 0 saturated heterocycles. The van der Waals surface area contributed by atoms with Crippen LogP contribution in [0.25, 0.3) is 0 Å². The van der Waals surface area contributed by atoms with Crippen LogP contribution in [0.5, 0.6) is 0 Å². The average Bonchev–Trinajstić information content (AvgIpc) is 2.04. The Hall–Kier alpha value is -0.940. The Kier molecular flexibility index (Phi) is 5.34. The SMILES string of the molecule is C[N+](O)(O)CCCc1ccccc1.[OH-]. The van der Waals surface area contributed by atoms with E-state index in [4.69, 9.17) is 10.4 Å². The van der Waals surface area contributed by atoms with Crippen molar-refractivity contribution in [3.8, 4) is 0 Å². The van der Waals surface area contributed by atoms with Crippen LogP contribution in [0.3, 0.4) is 0 Å². The lowest BCUT2D eigenvalue weighted by molar-refractivity contribution is -1.23. The van der Waals surface area contributed by atoms with E-state index in [0.717, 1.165) is 12.8 Å². The van der Waals surface area contributed by atoms with Gasteiger partial charge in [-0.25, -0.2) is 0 Å². The van der Waals surface area contributed by atoms with E-state index in [2.05, 4.69) is 0 Å². The Bertz CT molecular complexity index is 243. The van der Waals surface area contributed by atoms with E-state index in [1.54, 1.807) is 0 Å². The van der Waals surface area contributed by atoms with Crippen LogP contribution in [-0.2, 0) is 6.42 Å². The molecule has 3 N–H and O–H groups in total. The molecule has 0 aliphatic heterocycles. The molecule has 0 spiro atoms. The summed E-state index contributed by atoms with van der Waals surface area (Å²) in [6.45, 7) is 0.356. The number of quaternary nitrogens is 1. The van der Waals surface area contributed by atoms with E-state index in [1.165, 1.54) is 12.6 Å².